The molecule has 0 saturated carbocycles. The van der Waals surface area contributed by atoms with Crippen LogP contribution in [-0.4, -0.2) is 22.9 Å². The van der Waals surface area contributed by atoms with Crippen LogP contribution in [0.2, 0.25) is 0 Å². The maximum Gasteiger partial charge on any atom is 0.252 e. The van der Waals surface area contributed by atoms with Crippen molar-refractivity contribution in [2.75, 3.05) is 6.79 Å². The molecular formula is C15H17N3O4. The van der Waals surface area contributed by atoms with Gasteiger partial charge in [-0.05, 0) is 25.1 Å². The van der Waals surface area contributed by atoms with E-state index in [2.05, 4.69) is 15.5 Å². The second kappa shape index (κ2) is 5.67. The molecule has 0 aliphatic carbocycles. The quantitative estimate of drug-likeness (QED) is 0.933. The van der Waals surface area contributed by atoms with Crippen LogP contribution in [0.25, 0.3) is 0 Å². The fourth-order valence-electron chi connectivity index (χ4n) is 2.03. The van der Waals surface area contributed by atoms with Crippen molar-refractivity contribution in [2.45, 2.75) is 32.7 Å². The van der Waals surface area contributed by atoms with Crippen LogP contribution in [0.1, 0.15) is 54.9 Å². The third-order valence-corrected chi connectivity index (χ3v) is 3.30. The molecule has 1 aliphatic rings. The molecule has 116 valence electrons. The van der Waals surface area contributed by atoms with Crippen LogP contribution in [0, 0.1) is 0 Å². The highest BCUT2D eigenvalue weighted by atomic mass is 16.7. The van der Waals surface area contributed by atoms with E-state index in [9.17, 15) is 4.79 Å². The molecule has 22 heavy (non-hydrogen) atoms. The van der Waals surface area contributed by atoms with E-state index in [4.69, 9.17) is 13.9 Å². The topological polar surface area (TPSA) is 86.5 Å². The lowest BCUT2D eigenvalue weighted by Crippen LogP contribution is -2.26. The van der Waals surface area contributed by atoms with Gasteiger partial charge in [-0.1, -0.05) is 13.8 Å². The molecule has 7 nitrogen and oxygen atoms in total. The highest BCUT2D eigenvalue weighted by Crippen LogP contribution is 2.32. The average molecular weight is 303 g/mol. The van der Waals surface area contributed by atoms with Crippen molar-refractivity contribution in [1.82, 2.24) is 15.5 Å². The van der Waals surface area contributed by atoms with Crippen molar-refractivity contribution >= 4 is 5.91 Å². The zero-order valence-electron chi connectivity index (χ0n) is 12.6. The number of aromatic nitrogens is 2. The van der Waals surface area contributed by atoms with Crippen molar-refractivity contribution in [1.29, 1.82) is 0 Å². The monoisotopic (exact) mass is 303 g/mol. The molecule has 0 fully saturated rings. The predicted molar refractivity (Wildman–Crippen MR) is 76.8 cm³/mol. The number of fused-ring (bicyclic) bond motifs is 1. The highest BCUT2D eigenvalue weighted by molar-refractivity contribution is 5.95. The molecule has 0 saturated heterocycles. The first-order valence-electron chi connectivity index (χ1n) is 7.08. The van der Waals surface area contributed by atoms with Gasteiger partial charge in [0.2, 0.25) is 18.6 Å². The van der Waals surface area contributed by atoms with Crippen LogP contribution >= 0.6 is 0 Å². The molecule has 0 spiro atoms. The summed E-state index contributed by atoms with van der Waals surface area (Å²) < 4.78 is 16.0. The SMILES string of the molecule is CC(C)c1nnc([C@@H](C)NC(=O)c2ccc3c(c2)OCO3)o1. The molecular weight excluding hydrogens is 286 g/mol. The fourth-order valence-corrected chi connectivity index (χ4v) is 2.03. The number of hydrogen-bond acceptors (Lipinski definition) is 6. The van der Waals surface area contributed by atoms with Crippen LogP contribution in [0.5, 0.6) is 11.5 Å². The van der Waals surface area contributed by atoms with E-state index in [0.717, 1.165) is 0 Å². The molecule has 3 rings (SSSR count). The number of ether oxygens (including phenoxy) is 2. The highest BCUT2D eigenvalue weighted by Gasteiger charge is 2.20. The Labute approximate surface area is 127 Å². The predicted octanol–water partition coefficient (Wildman–Crippen LogP) is 2.41. The number of amides is 1. The lowest BCUT2D eigenvalue weighted by Gasteiger charge is -2.10. The first kappa shape index (κ1) is 14.4. The molecule has 1 atom stereocenters. The van der Waals surface area contributed by atoms with Crippen LogP contribution in [0.3, 0.4) is 0 Å². The van der Waals surface area contributed by atoms with Gasteiger partial charge in [0.15, 0.2) is 11.5 Å². The maximum absolute atomic E-state index is 12.3. The minimum absolute atomic E-state index is 0.151. The van der Waals surface area contributed by atoms with Gasteiger partial charge < -0.3 is 19.2 Å². The first-order chi connectivity index (χ1) is 10.5. The summed E-state index contributed by atoms with van der Waals surface area (Å²) in [4.78, 5) is 12.3. The van der Waals surface area contributed by atoms with Crippen molar-refractivity contribution in [3.63, 3.8) is 0 Å². The van der Waals surface area contributed by atoms with Crippen LogP contribution in [0.4, 0.5) is 0 Å². The Morgan fingerprint density at radius 1 is 1.14 bits per heavy atom. The van der Waals surface area contributed by atoms with Crippen molar-refractivity contribution < 1.29 is 18.7 Å². The van der Waals surface area contributed by atoms with Gasteiger partial charge >= 0.3 is 0 Å². The smallest absolute Gasteiger partial charge is 0.252 e. The van der Waals surface area contributed by atoms with Gasteiger partial charge in [-0.15, -0.1) is 10.2 Å². The van der Waals surface area contributed by atoms with Crippen molar-refractivity contribution in [3.05, 3.63) is 35.5 Å². The second-order valence-corrected chi connectivity index (χ2v) is 5.40. The van der Waals surface area contributed by atoms with Gasteiger partial charge in [-0.25, -0.2) is 0 Å². The Kier molecular flexibility index (Phi) is 3.70. The second-order valence-electron chi connectivity index (χ2n) is 5.40. The summed E-state index contributed by atoms with van der Waals surface area (Å²) >= 11 is 0. The summed E-state index contributed by atoms with van der Waals surface area (Å²) in [7, 11) is 0. The molecule has 0 unspecified atom stereocenters. The molecule has 0 bridgehead atoms. The van der Waals surface area contributed by atoms with Gasteiger partial charge in [-0.3, -0.25) is 4.79 Å². The Morgan fingerprint density at radius 2 is 1.86 bits per heavy atom. The van der Waals surface area contributed by atoms with E-state index in [1.807, 2.05) is 13.8 Å². The van der Waals surface area contributed by atoms with Gasteiger partial charge in [0.1, 0.15) is 6.04 Å². The van der Waals surface area contributed by atoms with Crippen LogP contribution in [-0.2, 0) is 0 Å². The summed E-state index contributed by atoms with van der Waals surface area (Å²) in [6, 6.07) is 4.67. The van der Waals surface area contributed by atoms with E-state index in [1.54, 1.807) is 25.1 Å². The molecule has 1 N–H and O–H groups in total. The standard InChI is InChI=1S/C15H17N3O4/c1-8(2)14-17-18-15(22-14)9(3)16-13(19)10-4-5-11-12(6-10)21-7-20-11/h4-6,8-9H,7H2,1-3H3,(H,16,19)/t9-/m1/s1. The van der Waals surface area contributed by atoms with Crippen LogP contribution in [0.15, 0.2) is 22.6 Å². The zero-order chi connectivity index (χ0) is 15.7. The van der Waals surface area contributed by atoms with E-state index < -0.39 is 0 Å². The van der Waals surface area contributed by atoms with Crippen LogP contribution < -0.4 is 14.8 Å². The van der Waals surface area contributed by atoms with Gasteiger partial charge in [0.25, 0.3) is 5.91 Å². The van der Waals surface area contributed by atoms with E-state index >= 15 is 0 Å². The molecule has 1 amide bonds. The Balaban J connectivity index is 1.70. The van der Waals surface area contributed by atoms with Gasteiger partial charge in [-0.2, -0.15) is 0 Å². The molecule has 2 aromatic rings. The number of nitrogens with zero attached hydrogens (tertiary/aromatic N) is 2. The summed E-state index contributed by atoms with van der Waals surface area (Å²) in [5.41, 5.74) is 0.486. The third kappa shape index (κ3) is 2.74. The van der Waals surface area contributed by atoms with Crippen molar-refractivity contribution in [3.8, 4) is 11.5 Å². The number of benzene rings is 1. The molecule has 1 aliphatic heterocycles. The zero-order valence-corrected chi connectivity index (χ0v) is 12.6. The molecule has 0 radical (unpaired) electrons. The lowest BCUT2D eigenvalue weighted by molar-refractivity contribution is 0.0933. The number of carbonyl (C=O) groups excluding carboxylic acids is 1. The van der Waals surface area contributed by atoms with E-state index in [-0.39, 0.29) is 24.7 Å². The summed E-state index contributed by atoms with van der Waals surface area (Å²) in [6.07, 6.45) is 0. The Hall–Kier alpha value is -2.57. The molecule has 7 heteroatoms. The fraction of sp³-hybridized carbons (Fsp3) is 0.400. The van der Waals surface area contributed by atoms with Gasteiger partial charge in [0, 0.05) is 11.5 Å². The summed E-state index contributed by atoms with van der Waals surface area (Å²) in [5.74, 6) is 2.06. The number of nitrogens with one attached hydrogen (secondary N) is 1. The number of rotatable bonds is 4. The molecule has 2 heterocycles. The third-order valence-electron chi connectivity index (χ3n) is 3.30. The van der Waals surface area contributed by atoms with Gasteiger partial charge in [0.05, 0.1) is 0 Å². The van der Waals surface area contributed by atoms with E-state index in [0.29, 0.717) is 28.8 Å². The summed E-state index contributed by atoms with van der Waals surface area (Å²) in [5, 5.41) is 10.7. The Morgan fingerprint density at radius 3 is 2.59 bits per heavy atom. The van der Waals surface area contributed by atoms with E-state index in [1.165, 1.54) is 0 Å². The molecule has 1 aromatic carbocycles. The minimum atomic E-state index is -0.377. The lowest BCUT2D eigenvalue weighted by atomic mass is 10.1. The minimum Gasteiger partial charge on any atom is -0.454 e. The molecule has 1 aromatic heterocycles. The normalized spacial score (nSPS) is 14.2. The number of hydrogen-bond donors (Lipinski definition) is 1. The number of carbonyl (C=O) groups is 1. The summed E-state index contributed by atoms with van der Waals surface area (Å²) in [6.45, 7) is 5.90. The van der Waals surface area contributed by atoms with Crippen molar-refractivity contribution in [2.24, 2.45) is 0 Å². The maximum atomic E-state index is 12.3. The Bertz CT molecular complexity index is 696. The first-order valence-corrected chi connectivity index (χ1v) is 7.08. The largest absolute Gasteiger partial charge is 0.454 e. The average Bonchev–Trinajstić information content (AvgIpc) is 3.15.